The number of aliphatic hydroxyl groups excluding tert-OH is 3. The topological polar surface area (TPSA) is 276 Å². The van der Waals surface area contributed by atoms with Crippen molar-refractivity contribution in [2.75, 3.05) is 31.0 Å². The van der Waals surface area contributed by atoms with E-state index in [9.17, 15) is 14.8 Å². The van der Waals surface area contributed by atoms with E-state index >= 15 is 0 Å². The van der Waals surface area contributed by atoms with Crippen molar-refractivity contribution in [2.45, 2.75) is 37.5 Å². The van der Waals surface area contributed by atoms with Gasteiger partial charge in [0.2, 0.25) is 0 Å². The highest BCUT2D eigenvalue weighted by Crippen LogP contribution is 2.34. The molecule has 0 aromatic carbocycles. The molecule has 18 nitrogen and oxygen atoms in total. The SMILES string of the molecule is Nc1ncnc2c1ncn2C[C@@H](CO)OCP(=O)(O)O.Nc1ncnc2c1ncn2[C@H]1C[C@H](O)[C@@H](CO)O1. The van der Waals surface area contributed by atoms with Gasteiger partial charge in [0.1, 0.15) is 42.4 Å². The Morgan fingerprint density at radius 2 is 1.66 bits per heavy atom. The number of nitrogen functional groups attached to an aromatic ring is 2. The summed E-state index contributed by atoms with van der Waals surface area (Å²) < 4.78 is 24.5. The predicted molar refractivity (Wildman–Crippen MR) is 130 cm³/mol. The highest BCUT2D eigenvalue weighted by atomic mass is 31.2. The highest BCUT2D eigenvalue weighted by Gasteiger charge is 2.35. The summed E-state index contributed by atoms with van der Waals surface area (Å²) in [5, 5.41) is 27.9. The normalized spacial score (nSPS) is 20.5. The van der Waals surface area contributed by atoms with Gasteiger partial charge in [-0.15, -0.1) is 0 Å². The van der Waals surface area contributed by atoms with Crippen LogP contribution in [-0.4, -0.2) is 102 Å². The molecule has 1 fully saturated rings. The third-order valence-electron chi connectivity index (χ3n) is 5.59. The van der Waals surface area contributed by atoms with Crippen LogP contribution in [-0.2, 0) is 20.6 Å². The first-order valence-electron chi connectivity index (χ1n) is 11.2. The smallest absolute Gasteiger partial charge is 0.350 e. The number of rotatable bonds is 8. The maximum atomic E-state index is 10.7. The summed E-state index contributed by atoms with van der Waals surface area (Å²) in [5.41, 5.74) is 13.3. The largest absolute Gasteiger partial charge is 0.394 e. The summed E-state index contributed by atoms with van der Waals surface area (Å²) in [5.74, 6) is 0.529. The number of fused-ring (bicyclic) bond motifs is 2. The summed E-state index contributed by atoms with van der Waals surface area (Å²) in [7, 11) is -4.28. The monoisotopic (exact) mass is 554 g/mol. The molecule has 1 saturated heterocycles. The number of hydrogen-bond acceptors (Lipinski definition) is 14. The van der Waals surface area contributed by atoms with E-state index in [0.717, 1.165) is 0 Å². The molecule has 0 radical (unpaired) electrons. The van der Waals surface area contributed by atoms with Crippen molar-refractivity contribution in [3.63, 3.8) is 0 Å². The minimum absolute atomic E-state index is 0.128. The van der Waals surface area contributed by atoms with Crippen LogP contribution in [0.3, 0.4) is 0 Å². The minimum Gasteiger partial charge on any atom is -0.394 e. The van der Waals surface area contributed by atoms with Crippen molar-refractivity contribution in [3.8, 4) is 0 Å². The molecule has 206 valence electrons. The van der Waals surface area contributed by atoms with E-state index < -0.39 is 45.1 Å². The van der Waals surface area contributed by atoms with Gasteiger partial charge in [0, 0.05) is 6.42 Å². The Kier molecular flexibility index (Phi) is 8.44. The van der Waals surface area contributed by atoms with Crippen LogP contribution < -0.4 is 11.5 Å². The lowest BCUT2D eigenvalue weighted by molar-refractivity contribution is -0.0432. The van der Waals surface area contributed by atoms with Crippen LogP contribution >= 0.6 is 7.60 Å². The molecule has 1 aliphatic heterocycles. The van der Waals surface area contributed by atoms with Gasteiger partial charge in [0.25, 0.3) is 0 Å². The van der Waals surface area contributed by atoms with E-state index in [0.29, 0.717) is 34.6 Å². The molecule has 0 amide bonds. The fraction of sp³-hybridized carbons (Fsp3) is 0.474. The molecule has 1 aliphatic rings. The van der Waals surface area contributed by atoms with Crippen molar-refractivity contribution in [1.82, 2.24) is 39.0 Å². The number of aromatic nitrogens is 8. The predicted octanol–water partition coefficient (Wildman–Crippen LogP) is -2.03. The zero-order valence-electron chi connectivity index (χ0n) is 19.8. The Balaban J connectivity index is 0.000000178. The van der Waals surface area contributed by atoms with Crippen molar-refractivity contribution in [2.24, 2.45) is 0 Å². The number of ether oxygens (including phenoxy) is 2. The van der Waals surface area contributed by atoms with Gasteiger partial charge in [-0.25, -0.2) is 29.9 Å². The van der Waals surface area contributed by atoms with Crippen molar-refractivity contribution < 1.29 is 39.1 Å². The quantitative estimate of drug-likeness (QED) is 0.116. The average Bonchev–Trinajstić information content (AvgIpc) is 3.59. The second kappa shape index (κ2) is 11.6. The first kappa shape index (κ1) is 27.7. The van der Waals surface area contributed by atoms with E-state index in [1.54, 1.807) is 15.5 Å². The van der Waals surface area contributed by atoms with Crippen LogP contribution in [0.2, 0.25) is 0 Å². The standard InChI is InChI=1S/C10H13N5O3.C9H14N5O5P/c11-9-8-10(13-3-12-9)15(4-14-8)7-1-5(17)6(2-16)18-7;10-8-7-9(12-3-11-8)14(4-13-7)1-6(2-15)19-5-20(16,17)18/h3-7,16-17H,1-2H2,(H2,11,12,13);3-4,6,15H,1-2,5H2,(H2,10,11,12)(H2,16,17,18)/t5-,6+,7+;6-/m00/s1. The first-order chi connectivity index (χ1) is 18.1. The molecular weight excluding hydrogens is 527 g/mol. The van der Waals surface area contributed by atoms with Gasteiger partial charge >= 0.3 is 7.60 Å². The molecular formula is C19H27N10O8P. The molecule has 4 aromatic rings. The number of aliphatic hydroxyl groups is 3. The maximum Gasteiger partial charge on any atom is 0.350 e. The van der Waals surface area contributed by atoms with E-state index in [2.05, 4.69) is 29.9 Å². The Hall–Kier alpha value is -3.35. The lowest BCUT2D eigenvalue weighted by atomic mass is 10.2. The zero-order chi connectivity index (χ0) is 27.4. The van der Waals surface area contributed by atoms with Gasteiger partial charge < -0.3 is 50.6 Å². The first-order valence-corrected chi connectivity index (χ1v) is 13.0. The third kappa shape index (κ3) is 6.20. The fourth-order valence-corrected chi connectivity index (χ4v) is 4.15. The summed E-state index contributed by atoms with van der Waals surface area (Å²) >= 11 is 0. The molecule has 4 atom stereocenters. The second-order valence-electron chi connectivity index (χ2n) is 8.29. The van der Waals surface area contributed by atoms with Crippen molar-refractivity contribution in [1.29, 1.82) is 0 Å². The van der Waals surface area contributed by atoms with Crippen LogP contribution in [0.4, 0.5) is 11.6 Å². The van der Waals surface area contributed by atoms with Crippen LogP contribution in [0.5, 0.6) is 0 Å². The Morgan fingerprint density at radius 1 is 1.03 bits per heavy atom. The molecule has 38 heavy (non-hydrogen) atoms. The number of hydrogen-bond donors (Lipinski definition) is 7. The summed E-state index contributed by atoms with van der Waals surface area (Å²) in [6.45, 7) is -0.495. The summed E-state index contributed by atoms with van der Waals surface area (Å²) in [6.07, 6.45) is 2.76. The molecule has 0 spiro atoms. The van der Waals surface area contributed by atoms with Gasteiger partial charge in [-0.1, -0.05) is 0 Å². The fourth-order valence-electron chi connectivity index (χ4n) is 3.75. The lowest BCUT2D eigenvalue weighted by Crippen LogP contribution is -2.24. The average molecular weight is 554 g/mol. The Morgan fingerprint density at radius 3 is 2.26 bits per heavy atom. The van der Waals surface area contributed by atoms with E-state index in [4.69, 9.17) is 35.8 Å². The van der Waals surface area contributed by atoms with Gasteiger partial charge in [-0.3, -0.25) is 9.13 Å². The van der Waals surface area contributed by atoms with E-state index in [-0.39, 0.29) is 19.0 Å². The highest BCUT2D eigenvalue weighted by molar-refractivity contribution is 7.51. The maximum absolute atomic E-state index is 10.7. The Bertz CT molecular complexity index is 1430. The lowest BCUT2D eigenvalue weighted by Gasteiger charge is -2.16. The molecule has 19 heteroatoms. The molecule has 4 aromatic heterocycles. The minimum atomic E-state index is -4.28. The van der Waals surface area contributed by atoms with Gasteiger partial charge in [-0.2, -0.15) is 0 Å². The third-order valence-corrected chi connectivity index (χ3v) is 6.08. The van der Waals surface area contributed by atoms with Crippen LogP contribution in [0.1, 0.15) is 12.6 Å². The molecule has 5 heterocycles. The van der Waals surface area contributed by atoms with Crippen LogP contribution in [0.15, 0.2) is 25.3 Å². The molecule has 0 aliphatic carbocycles. The van der Waals surface area contributed by atoms with E-state index in [1.165, 1.54) is 19.0 Å². The van der Waals surface area contributed by atoms with Crippen molar-refractivity contribution >= 4 is 41.6 Å². The van der Waals surface area contributed by atoms with Crippen LogP contribution in [0.25, 0.3) is 22.3 Å². The second-order valence-corrected chi connectivity index (χ2v) is 9.88. The molecule has 9 N–H and O–H groups in total. The van der Waals surface area contributed by atoms with Crippen LogP contribution in [0, 0.1) is 0 Å². The molecule has 5 rings (SSSR count). The van der Waals surface area contributed by atoms with E-state index in [1.807, 2.05) is 0 Å². The number of nitrogens with two attached hydrogens (primary N) is 2. The molecule has 0 unspecified atom stereocenters. The Labute approximate surface area is 214 Å². The summed E-state index contributed by atoms with van der Waals surface area (Å²) in [4.78, 5) is 41.4. The zero-order valence-corrected chi connectivity index (χ0v) is 20.7. The van der Waals surface area contributed by atoms with Gasteiger partial charge in [0.15, 0.2) is 22.9 Å². The molecule has 0 saturated carbocycles. The molecule has 0 bridgehead atoms. The van der Waals surface area contributed by atoms with Gasteiger partial charge in [0.05, 0.1) is 44.6 Å². The number of imidazole rings is 2. The van der Waals surface area contributed by atoms with Crippen molar-refractivity contribution in [3.05, 3.63) is 25.3 Å². The van der Waals surface area contributed by atoms with Gasteiger partial charge in [-0.05, 0) is 0 Å². The number of nitrogens with zero attached hydrogens (tertiary/aromatic N) is 8. The summed E-state index contributed by atoms with van der Waals surface area (Å²) in [6, 6.07) is 0. The number of anilines is 2.